The van der Waals surface area contributed by atoms with E-state index in [1.807, 2.05) is 29.3 Å². The van der Waals surface area contributed by atoms with Crippen molar-refractivity contribution in [3.8, 4) is 5.75 Å². The number of amides is 1. The summed E-state index contributed by atoms with van der Waals surface area (Å²) in [4.78, 5) is 26.6. The van der Waals surface area contributed by atoms with Crippen molar-refractivity contribution in [2.24, 2.45) is 0 Å². The summed E-state index contributed by atoms with van der Waals surface area (Å²) in [5, 5.41) is 0. The van der Waals surface area contributed by atoms with Crippen LogP contribution in [0.3, 0.4) is 0 Å². The van der Waals surface area contributed by atoms with Crippen molar-refractivity contribution in [2.75, 3.05) is 27.2 Å². The van der Waals surface area contributed by atoms with E-state index in [1.165, 1.54) is 12.8 Å². The van der Waals surface area contributed by atoms with Crippen molar-refractivity contribution in [2.45, 2.75) is 38.3 Å². The molecule has 1 atom stereocenters. The number of ether oxygens (including phenoxy) is 1. The van der Waals surface area contributed by atoms with Gasteiger partial charge in [-0.1, -0.05) is 12.5 Å². The highest BCUT2D eigenvalue weighted by Crippen LogP contribution is 2.28. The molecular formula is C21H26N4O2. The highest BCUT2D eigenvalue weighted by Gasteiger charge is 2.27. The molecule has 2 aliphatic rings. The van der Waals surface area contributed by atoms with Gasteiger partial charge in [-0.25, -0.2) is 9.97 Å². The maximum Gasteiger partial charge on any atom is 0.254 e. The Morgan fingerprint density at radius 2 is 2.15 bits per heavy atom. The molecule has 3 heterocycles. The SMILES string of the molecule is COc1cccc(C(=O)N2CCc3nc([C@@H]4CCCCN4C)ncc3C2)c1. The third-order valence-electron chi connectivity index (χ3n) is 5.62. The maximum absolute atomic E-state index is 12.9. The molecule has 2 aliphatic heterocycles. The number of likely N-dealkylation sites (tertiary alicyclic amines) is 1. The Balaban J connectivity index is 1.51. The van der Waals surface area contributed by atoms with Crippen LogP contribution in [0.25, 0.3) is 0 Å². The molecule has 1 fully saturated rings. The predicted octanol–water partition coefficient (Wildman–Crippen LogP) is 2.84. The molecule has 0 spiro atoms. The first-order chi connectivity index (χ1) is 13.2. The molecule has 0 radical (unpaired) electrons. The van der Waals surface area contributed by atoms with E-state index in [9.17, 15) is 4.79 Å². The first kappa shape index (κ1) is 17.9. The molecule has 6 nitrogen and oxygen atoms in total. The fourth-order valence-electron chi connectivity index (χ4n) is 4.01. The zero-order valence-electron chi connectivity index (χ0n) is 16.0. The fourth-order valence-corrected chi connectivity index (χ4v) is 4.01. The first-order valence-electron chi connectivity index (χ1n) is 9.64. The van der Waals surface area contributed by atoms with Gasteiger partial charge in [-0.05, 0) is 44.6 Å². The second kappa shape index (κ2) is 7.64. The minimum atomic E-state index is 0.0237. The number of hydrogen-bond acceptors (Lipinski definition) is 5. The summed E-state index contributed by atoms with van der Waals surface area (Å²) in [5.74, 6) is 1.65. The highest BCUT2D eigenvalue weighted by atomic mass is 16.5. The molecule has 27 heavy (non-hydrogen) atoms. The minimum absolute atomic E-state index is 0.0237. The molecule has 0 unspecified atom stereocenters. The van der Waals surface area contributed by atoms with Gasteiger partial charge in [-0.3, -0.25) is 9.69 Å². The standard InChI is InChI=1S/C21H26N4O2/c1-24-10-4-3-8-19(24)20-22-13-16-14-25(11-9-18(16)23-20)21(26)15-6-5-7-17(12-15)27-2/h5-7,12-13,19H,3-4,8-11,14H2,1-2H3/t19-/m0/s1. The molecule has 0 aliphatic carbocycles. The van der Waals surface area contributed by atoms with Crippen LogP contribution in [-0.2, 0) is 13.0 Å². The Morgan fingerprint density at radius 3 is 2.96 bits per heavy atom. The molecule has 0 N–H and O–H groups in total. The molecule has 1 aromatic heterocycles. The van der Waals surface area contributed by atoms with Gasteiger partial charge in [0.2, 0.25) is 0 Å². The van der Waals surface area contributed by atoms with Crippen molar-refractivity contribution >= 4 is 5.91 Å². The molecule has 1 amide bonds. The lowest BCUT2D eigenvalue weighted by Gasteiger charge is -2.33. The van der Waals surface area contributed by atoms with E-state index in [4.69, 9.17) is 9.72 Å². The first-order valence-corrected chi connectivity index (χ1v) is 9.64. The monoisotopic (exact) mass is 366 g/mol. The van der Waals surface area contributed by atoms with Gasteiger partial charge in [-0.2, -0.15) is 0 Å². The average molecular weight is 366 g/mol. The lowest BCUT2D eigenvalue weighted by atomic mass is 10.0. The van der Waals surface area contributed by atoms with Gasteiger partial charge in [0.1, 0.15) is 11.6 Å². The summed E-state index contributed by atoms with van der Waals surface area (Å²) < 4.78 is 5.23. The van der Waals surface area contributed by atoms with Crippen LogP contribution in [0.4, 0.5) is 0 Å². The number of carbonyl (C=O) groups is 1. The number of rotatable bonds is 3. The largest absolute Gasteiger partial charge is 0.497 e. The molecule has 142 valence electrons. The summed E-state index contributed by atoms with van der Waals surface area (Å²) >= 11 is 0. The van der Waals surface area contributed by atoms with Crippen LogP contribution < -0.4 is 4.74 Å². The van der Waals surface area contributed by atoms with Crippen molar-refractivity contribution in [1.82, 2.24) is 19.8 Å². The van der Waals surface area contributed by atoms with E-state index < -0.39 is 0 Å². The minimum Gasteiger partial charge on any atom is -0.497 e. The van der Waals surface area contributed by atoms with E-state index >= 15 is 0 Å². The zero-order chi connectivity index (χ0) is 18.8. The Hall–Kier alpha value is -2.47. The lowest BCUT2D eigenvalue weighted by molar-refractivity contribution is 0.0732. The average Bonchev–Trinajstić information content (AvgIpc) is 2.73. The van der Waals surface area contributed by atoms with Crippen molar-refractivity contribution in [3.63, 3.8) is 0 Å². The third-order valence-corrected chi connectivity index (χ3v) is 5.62. The van der Waals surface area contributed by atoms with Crippen LogP contribution in [-0.4, -0.2) is 52.9 Å². The Bertz CT molecular complexity index is 839. The second-order valence-corrected chi connectivity index (χ2v) is 7.40. The Morgan fingerprint density at radius 1 is 1.26 bits per heavy atom. The van der Waals surface area contributed by atoms with Gasteiger partial charge in [0.25, 0.3) is 5.91 Å². The van der Waals surface area contributed by atoms with Gasteiger partial charge in [-0.15, -0.1) is 0 Å². The van der Waals surface area contributed by atoms with Gasteiger partial charge < -0.3 is 9.64 Å². The Labute approximate surface area is 160 Å². The third kappa shape index (κ3) is 3.67. The number of methoxy groups -OCH3 is 1. The van der Waals surface area contributed by atoms with Crippen LogP contribution >= 0.6 is 0 Å². The summed E-state index contributed by atoms with van der Waals surface area (Å²) in [5.41, 5.74) is 2.80. The van der Waals surface area contributed by atoms with Crippen LogP contribution in [0.1, 0.15) is 52.7 Å². The van der Waals surface area contributed by atoms with Gasteiger partial charge in [0.15, 0.2) is 0 Å². The number of benzene rings is 1. The van der Waals surface area contributed by atoms with E-state index in [2.05, 4.69) is 16.9 Å². The van der Waals surface area contributed by atoms with Crippen LogP contribution in [0.5, 0.6) is 5.75 Å². The summed E-state index contributed by atoms with van der Waals surface area (Å²) in [6.07, 6.45) is 6.30. The second-order valence-electron chi connectivity index (χ2n) is 7.40. The van der Waals surface area contributed by atoms with Gasteiger partial charge in [0.05, 0.1) is 18.8 Å². The number of aromatic nitrogens is 2. The lowest BCUT2D eigenvalue weighted by Crippen LogP contribution is -2.37. The highest BCUT2D eigenvalue weighted by molar-refractivity contribution is 5.94. The topological polar surface area (TPSA) is 58.6 Å². The molecule has 2 aromatic rings. The van der Waals surface area contributed by atoms with Gasteiger partial charge in [0, 0.05) is 36.8 Å². The molecule has 0 bridgehead atoms. The van der Waals surface area contributed by atoms with E-state index in [0.29, 0.717) is 30.4 Å². The smallest absolute Gasteiger partial charge is 0.254 e. The van der Waals surface area contributed by atoms with Crippen molar-refractivity contribution in [3.05, 3.63) is 53.1 Å². The Kier molecular flexibility index (Phi) is 5.07. The van der Waals surface area contributed by atoms with E-state index in [-0.39, 0.29) is 5.91 Å². The number of piperidine rings is 1. The summed E-state index contributed by atoms with van der Waals surface area (Å²) in [7, 11) is 3.76. The van der Waals surface area contributed by atoms with E-state index in [1.54, 1.807) is 13.2 Å². The van der Waals surface area contributed by atoms with Crippen LogP contribution in [0.2, 0.25) is 0 Å². The maximum atomic E-state index is 12.9. The van der Waals surface area contributed by atoms with Crippen LogP contribution in [0, 0.1) is 0 Å². The van der Waals surface area contributed by atoms with Crippen LogP contribution in [0.15, 0.2) is 30.5 Å². The molecule has 1 aromatic carbocycles. The molecule has 0 saturated carbocycles. The number of nitrogens with zero attached hydrogens (tertiary/aromatic N) is 4. The van der Waals surface area contributed by atoms with Crippen molar-refractivity contribution in [1.29, 1.82) is 0 Å². The summed E-state index contributed by atoms with van der Waals surface area (Å²) in [6.45, 7) is 2.35. The van der Waals surface area contributed by atoms with Crippen molar-refractivity contribution < 1.29 is 9.53 Å². The number of carbonyl (C=O) groups excluding carboxylic acids is 1. The quantitative estimate of drug-likeness (QED) is 0.836. The molecule has 1 saturated heterocycles. The predicted molar refractivity (Wildman–Crippen MR) is 103 cm³/mol. The normalized spacial score (nSPS) is 20.2. The zero-order valence-corrected chi connectivity index (χ0v) is 16.0. The van der Waals surface area contributed by atoms with Gasteiger partial charge >= 0.3 is 0 Å². The molecule has 4 rings (SSSR count). The summed E-state index contributed by atoms with van der Waals surface area (Å²) in [6, 6.07) is 7.63. The fraction of sp³-hybridized carbons (Fsp3) is 0.476. The number of hydrogen-bond donors (Lipinski definition) is 0. The van der Waals surface area contributed by atoms with E-state index in [0.717, 1.165) is 36.5 Å². The number of fused-ring (bicyclic) bond motifs is 1. The molecule has 6 heteroatoms. The molecular weight excluding hydrogens is 340 g/mol.